The largest absolute Gasteiger partial charge is 0.480 e. The Morgan fingerprint density at radius 2 is 2.08 bits per heavy atom. The molecule has 1 fully saturated rings. The number of likely N-dealkylation sites (N-methyl/N-ethyl adjacent to an activating group) is 1. The Balaban J connectivity index is 1.93. The van der Waals surface area contributed by atoms with E-state index in [9.17, 15) is 18.4 Å². The van der Waals surface area contributed by atoms with Crippen molar-refractivity contribution in [3.05, 3.63) is 29.8 Å². The summed E-state index contributed by atoms with van der Waals surface area (Å²) < 4.78 is 26.7. The fraction of sp³-hybridized carbons (Fsp3) is 0.556. The number of aliphatic carboxylic acids is 1. The summed E-state index contributed by atoms with van der Waals surface area (Å²) in [5, 5.41) is 11.4. The molecule has 2 rings (SSSR count). The predicted octanol–water partition coefficient (Wildman–Crippen LogP) is 2.16. The molecule has 0 aliphatic carbocycles. The molecule has 0 aromatic heterocycles. The Labute approximate surface area is 151 Å². The van der Waals surface area contributed by atoms with Crippen molar-refractivity contribution in [1.29, 1.82) is 0 Å². The van der Waals surface area contributed by atoms with E-state index in [1.165, 1.54) is 6.07 Å². The van der Waals surface area contributed by atoms with Crippen LogP contribution in [-0.2, 0) is 9.59 Å². The molecule has 1 aliphatic rings. The van der Waals surface area contributed by atoms with Gasteiger partial charge in [0.2, 0.25) is 5.91 Å². The Kier molecular flexibility index (Phi) is 7.05. The number of halogens is 2. The fourth-order valence-electron chi connectivity index (χ4n) is 3.27. The van der Waals surface area contributed by atoms with Gasteiger partial charge in [0.15, 0.2) is 0 Å². The first kappa shape index (κ1) is 20.3. The van der Waals surface area contributed by atoms with E-state index in [1.807, 2.05) is 9.80 Å². The van der Waals surface area contributed by atoms with Crippen LogP contribution in [-0.4, -0.2) is 65.5 Å². The number of hydrogen-bond donors (Lipinski definition) is 2. The second kappa shape index (κ2) is 9.05. The third-order valence-electron chi connectivity index (χ3n) is 4.86. The molecule has 6 nitrogen and oxygen atoms in total. The van der Waals surface area contributed by atoms with E-state index in [0.717, 1.165) is 31.4 Å². The van der Waals surface area contributed by atoms with Crippen LogP contribution in [0.15, 0.2) is 18.2 Å². The van der Waals surface area contributed by atoms with Crippen LogP contribution in [0.4, 0.5) is 14.5 Å². The minimum atomic E-state index is -0.859. The first-order valence-corrected chi connectivity index (χ1v) is 8.70. The van der Waals surface area contributed by atoms with Crippen molar-refractivity contribution in [2.75, 3.05) is 32.0 Å². The zero-order chi connectivity index (χ0) is 19.3. The smallest absolute Gasteiger partial charge is 0.317 e. The number of rotatable bonds is 6. The van der Waals surface area contributed by atoms with Crippen molar-refractivity contribution < 1.29 is 23.5 Å². The zero-order valence-corrected chi connectivity index (χ0v) is 15.0. The highest BCUT2D eigenvalue weighted by Gasteiger charge is 2.27. The van der Waals surface area contributed by atoms with Gasteiger partial charge in [0, 0.05) is 18.7 Å². The maximum atomic E-state index is 13.7. The number of likely N-dealkylation sites (tertiary alicyclic amines) is 1. The number of amides is 1. The maximum absolute atomic E-state index is 13.7. The average Bonchev–Trinajstić information content (AvgIpc) is 2.82. The molecule has 2 N–H and O–H groups in total. The first-order valence-electron chi connectivity index (χ1n) is 8.70. The van der Waals surface area contributed by atoms with E-state index in [-0.39, 0.29) is 24.2 Å². The van der Waals surface area contributed by atoms with E-state index in [0.29, 0.717) is 13.1 Å². The van der Waals surface area contributed by atoms with Crippen molar-refractivity contribution in [1.82, 2.24) is 9.80 Å². The maximum Gasteiger partial charge on any atom is 0.317 e. The highest BCUT2D eigenvalue weighted by atomic mass is 19.1. The molecule has 1 saturated heterocycles. The molecule has 1 aromatic carbocycles. The minimum absolute atomic E-state index is 0.00938. The fourth-order valence-corrected chi connectivity index (χ4v) is 3.27. The number of hydrogen-bond acceptors (Lipinski definition) is 4. The lowest BCUT2D eigenvalue weighted by atomic mass is 10.1. The molecule has 8 heteroatoms. The molecule has 0 saturated carbocycles. The molecule has 1 heterocycles. The summed E-state index contributed by atoms with van der Waals surface area (Å²) in [6.45, 7) is 3.09. The summed E-state index contributed by atoms with van der Waals surface area (Å²) >= 11 is 0. The molecule has 1 aliphatic heterocycles. The second-order valence-corrected chi connectivity index (χ2v) is 6.72. The molecule has 2 unspecified atom stereocenters. The van der Waals surface area contributed by atoms with E-state index >= 15 is 0 Å². The van der Waals surface area contributed by atoms with Gasteiger partial charge in [-0.05, 0) is 51.9 Å². The van der Waals surface area contributed by atoms with Crippen molar-refractivity contribution in [3.63, 3.8) is 0 Å². The van der Waals surface area contributed by atoms with E-state index < -0.39 is 23.6 Å². The zero-order valence-electron chi connectivity index (χ0n) is 15.0. The van der Waals surface area contributed by atoms with Crippen LogP contribution in [0.2, 0.25) is 0 Å². The Morgan fingerprint density at radius 1 is 1.35 bits per heavy atom. The van der Waals surface area contributed by atoms with Gasteiger partial charge < -0.3 is 10.4 Å². The summed E-state index contributed by atoms with van der Waals surface area (Å²) in [6.07, 6.45) is 2.46. The van der Waals surface area contributed by atoms with Gasteiger partial charge in [-0.15, -0.1) is 0 Å². The van der Waals surface area contributed by atoms with Crippen molar-refractivity contribution >= 4 is 17.6 Å². The van der Waals surface area contributed by atoms with Gasteiger partial charge in [0.1, 0.15) is 11.6 Å². The highest BCUT2D eigenvalue weighted by Crippen LogP contribution is 2.19. The van der Waals surface area contributed by atoms with Crippen molar-refractivity contribution in [2.24, 2.45) is 0 Å². The van der Waals surface area contributed by atoms with E-state index in [1.54, 1.807) is 14.0 Å². The molecule has 144 valence electrons. The minimum Gasteiger partial charge on any atom is -0.480 e. The van der Waals surface area contributed by atoms with Gasteiger partial charge in [-0.3, -0.25) is 19.4 Å². The average molecular weight is 369 g/mol. The number of nitrogens with zero attached hydrogens (tertiary/aromatic N) is 2. The molecule has 0 bridgehead atoms. The summed E-state index contributed by atoms with van der Waals surface area (Å²) in [5.74, 6) is -2.72. The molecule has 1 amide bonds. The lowest BCUT2D eigenvalue weighted by molar-refractivity contribution is -0.138. The predicted molar refractivity (Wildman–Crippen MR) is 93.9 cm³/mol. The molecule has 1 aromatic rings. The highest BCUT2D eigenvalue weighted by molar-refractivity contribution is 5.94. The Hall–Kier alpha value is -2.06. The second-order valence-electron chi connectivity index (χ2n) is 6.72. The van der Waals surface area contributed by atoms with Gasteiger partial charge in [0.05, 0.1) is 18.3 Å². The van der Waals surface area contributed by atoms with Crippen LogP contribution in [0.1, 0.15) is 26.2 Å². The van der Waals surface area contributed by atoms with Crippen LogP contribution in [0.5, 0.6) is 0 Å². The van der Waals surface area contributed by atoms with Gasteiger partial charge >= 0.3 is 5.97 Å². The van der Waals surface area contributed by atoms with Crippen molar-refractivity contribution in [3.8, 4) is 0 Å². The molecular weight excluding hydrogens is 344 g/mol. The number of nitrogens with one attached hydrogen (secondary N) is 1. The SMILES string of the molecule is CC(C(=O)Nc1ccc(F)cc1F)N1CCCC(N(C)CC(=O)O)CC1. The quantitative estimate of drug-likeness (QED) is 0.804. The van der Waals surface area contributed by atoms with Gasteiger partial charge in [-0.25, -0.2) is 8.78 Å². The number of anilines is 1. The Bertz CT molecular complexity index is 657. The third-order valence-corrected chi connectivity index (χ3v) is 4.86. The molecule has 26 heavy (non-hydrogen) atoms. The number of carbonyl (C=O) groups is 2. The third kappa shape index (κ3) is 5.47. The summed E-state index contributed by atoms with van der Waals surface area (Å²) in [6, 6.07) is 2.71. The summed E-state index contributed by atoms with van der Waals surface area (Å²) in [5.41, 5.74) is -0.0443. The van der Waals surface area contributed by atoms with Gasteiger partial charge in [0.25, 0.3) is 0 Å². The van der Waals surface area contributed by atoms with Crippen LogP contribution in [0.25, 0.3) is 0 Å². The first-order chi connectivity index (χ1) is 12.3. The number of carboxylic acid groups (broad SMARTS) is 1. The monoisotopic (exact) mass is 369 g/mol. The Morgan fingerprint density at radius 3 is 2.73 bits per heavy atom. The summed E-state index contributed by atoms with van der Waals surface area (Å²) in [7, 11) is 1.79. The standard InChI is InChI=1S/C18H25F2N3O3/c1-12(18(26)21-16-6-5-13(19)10-15(16)20)23-8-3-4-14(7-9-23)22(2)11-17(24)25/h5-6,10,12,14H,3-4,7-9,11H2,1-2H3,(H,21,26)(H,24,25). The van der Waals surface area contributed by atoms with Crippen LogP contribution >= 0.6 is 0 Å². The van der Waals surface area contributed by atoms with Gasteiger partial charge in [-0.2, -0.15) is 0 Å². The topological polar surface area (TPSA) is 72.9 Å². The lowest BCUT2D eigenvalue weighted by Crippen LogP contribution is -2.43. The molecule has 0 spiro atoms. The van der Waals surface area contributed by atoms with E-state index in [4.69, 9.17) is 5.11 Å². The molecule has 2 atom stereocenters. The molecular formula is C18H25F2N3O3. The normalized spacial score (nSPS) is 19.8. The van der Waals surface area contributed by atoms with Crippen molar-refractivity contribution in [2.45, 2.75) is 38.3 Å². The summed E-state index contributed by atoms with van der Waals surface area (Å²) in [4.78, 5) is 27.1. The van der Waals surface area contributed by atoms with Crippen LogP contribution in [0, 0.1) is 11.6 Å². The van der Waals surface area contributed by atoms with Gasteiger partial charge in [-0.1, -0.05) is 0 Å². The number of carboxylic acids is 1. The lowest BCUT2D eigenvalue weighted by Gasteiger charge is -2.28. The molecule has 0 radical (unpaired) electrons. The van der Waals surface area contributed by atoms with Crippen LogP contribution in [0.3, 0.4) is 0 Å². The number of benzene rings is 1. The van der Waals surface area contributed by atoms with E-state index in [2.05, 4.69) is 5.32 Å². The number of carbonyl (C=O) groups excluding carboxylic acids is 1. The van der Waals surface area contributed by atoms with Crippen LogP contribution < -0.4 is 5.32 Å².